The van der Waals surface area contributed by atoms with Crippen molar-refractivity contribution in [1.82, 2.24) is 4.83 Å². The van der Waals surface area contributed by atoms with E-state index >= 15 is 0 Å². The second kappa shape index (κ2) is 6.76. The summed E-state index contributed by atoms with van der Waals surface area (Å²) < 4.78 is 12.8. The molecule has 0 aliphatic carbocycles. The number of hydrogen-bond acceptors (Lipinski definition) is 4. The van der Waals surface area contributed by atoms with Crippen LogP contribution in [0.25, 0.3) is 0 Å². The molecule has 1 N–H and O–H groups in total. The SMILES string of the molecule is Cc1ccc([S+]([O-])N/N=C(\Cl)c2sccc2Br)cc1. The minimum absolute atomic E-state index is 0.280. The van der Waals surface area contributed by atoms with Gasteiger partial charge in [0.25, 0.3) is 0 Å². The zero-order chi connectivity index (χ0) is 13.8. The molecule has 0 radical (unpaired) electrons. The number of halogens is 2. The molecule has 0 aliphatic heterocycles. The van der Waals surface area contributed by atoms with Gasteiger partial charge >= 0.3 is 0 Å². The zero-order valence-corrected chi connectivity index (χ0v) is 13.9. The lowest BCUT2D eigenvalue weighted by atomic mass is 10.2. The van der Waals surface area contributed by atoms with Gasteiger partial charge in [-0.25, -0.2) is 0 Å². The van der Waals surface area contributed by atoms with Crippen molar-refractivity contribution in [3.05, 3.63) is 50.6 Å². The van der Waals surface area contributed by atoms with Gasteiger partial charge in [0.05, 0.1) is 4.88 Å². The van der Waals surface area contributed by atoms with E-state index in [1.54, 1.807) is 12.1 Å². The van der Waals surface area contributed by atoms with Crippen LogP contribution < -0.4 is 4.83 Å². The van der Waals surface area contributed by atoms with Crippen molar-refractivity contribution in [3.8, 4) is 0 Å². The Morgan fingerprint density at radius 2 is 2.05 bits per heavy atom. The maximum Gasteiger partial charge on any atom is 0.181 e. The molecule has 0 spiro atoms. The molecule has 1 heterocycles. The number of hydrazone groups is 1. The first kappa shape index (κ1) is 14.9. The van der Waals surface area contributed by atoms with E-state index in [1.807, 2.05) is 30.5 Å². The summed E-state index contributed by atoms with van der Waals surface area (Å²) in [7, 11) is 0. The van der Waals surface area contributed by atoms with Crippen LogP contribution in [-0.2, 0) is 11.4 Å². The number of rotatable bonds is 4. The molecule has 19 heavy (non-hydrogen) atoms. The third-order valence-corrected chi connectivity index (χ3v) is 5.45. The molecular formula is C12H10BrClN2OS2. The molecule has 2 aromatic rings. The van der Waals surface area contributed by atoms with Crippen LogP contribution in [0, 0.1) is 6.92 Å². The average molecular weight is 378 g/mol. The van der Waals surface area contributed by atoms with Gasteiger partial charge in [-0.3, -0.25) is 0 Å². The Labute approximate surface area is 132 Å². The zero-order valence-electron chi connectivity index (χ0n) is 9.89. The number of aryl methyl sites for hydroxylation is 1. The van der Waals surface area contributed by atoms with Crippen LogP contribution in [0.4, 0.5) is 0 Å². The van der Waals surface area contributed by atoms with Gasteiger partial charge in [0.15, 0.2) is 10.1 Å². The molecule has 3 nitrogen and oxygen atoms in total. The van der Waals surface area contributed by atoms with Crippen LogP contribution in [0.3, 0.4) is 0 Å². The first-order chi connectivity index (χ1) is 9.08. The van der Waals surface area contributed by atoms with Crippen molar-refractivity contribution in [3.63, 3.8) is 0 Å². The third-order valence-electron chi connectivity index (χ3n) is 2.27. The molecule has 1 aromatic carbocycles. The van der Waals surface area contributed by atoms with Crippen molar-refractivity contribution in [2.45, 2.75) is 11.8 Å². The number of hydrogen-bond donors (Lipinski definition) is 1. The fraction of sp³-hybridized carbons (Fsp3) is 0.0833. The lowest BCUT2D eigenvalue weighted by Gasteiger charge is -2.07. The van der Waals surface area contributed by atoms with Crippen LogP contribution >= 0.6 is 38.9 Å². The molecule has 2 rings (SSSR count). The molecule has 0 aliphatic rings. The van der Waals surface area contributed by atoms with Crippen molar-refractivity contribution in [2.24, 2.45) is 5.10 Å². The van der Waals surface area contributed by atoms with Gasteiger partial charge < -0.3 is 4.55 Å². The quantitative estimate of drug-likeness (QED) is 0.497. The summed E-state index contributed by atoms with van der Waals surface area (Å²) in [4.78, 5) is 4.01. The molecule has 0 saturated carbocycles. The standard InChI is InChI=1S/C12H10BrClN2OS2/c1-8-2-4-9(5-3-8)19(17)16-15-12(14)11-10(13)6-7-18-11/h2-7,16H,1H3/b15-12-. The molecule has 1 aromatic heterocycles. The Hall–Kier alpha value is -0.530. The monoisotopic (exact) mass is 376 g/mol. The molecule has 7 heteroatoms. The first-order valence-electron chi connectivity index (χ1n) is 5.28. The van der Waals surface area contributed by atoms with E-state index in [0.29, 0.717) is 4.90 Å². The topological polar surface area (TPSA) is 47.4 Å². The number of nitrogens with one attached hydrogen (secondary N) is 1. The van der Waals surface area contributed by atoms with Crippen LogP contribution in [0.5, 0.6) is 0 Å². The second-order valence-electron chi connectivity index (χ2n) is 3.67. The maximum atomic E-state index is 11.9. The van der Waals surface area contributed by atoms with E-state index in [-0.39, 0.29) is 5.17 Å². The molecule has 0 fully saturated rings. The van der Waals surface area contributed by atoms with Crippen LogP contribution in [0.2, 0.25) is 0 Å². The fourth-order valence-corrected chi connectivity index (χ4v) is 3.83. The van der Waals surface area contributed by atoms with Crippen molar-refractivity contribution < 1.29 is 4.55 Å². The van der Waals surface area contributed by atoms with E-state index in [9.17, 15) is 4.55 Å². The summed E-state index contributed by atoms with van der Waals surface area (Å²) >= 11 is 9.46. The third kappa shape index (κ3) is 3.97. The van der Waals surface area contributed by atoms with Gasteiger partial charge in [0, 0.05) is 4.47 Å². The summed E-state index contributed by atoms with van der Waals surface area (Å²) in [5, 5.41) is 6.12. The van der Waals surface area contributed by atoms with Gasteiger partial charge in [-0.2, -0.15) is 0 Å². The van der Waals surface area contributed by atoms with Crippen molar-refractivity contribution >= 4 is 55.4 Å². The molecular weight excluding hydrogens is 368 g/mol. The van der Waals surface area contributed by atoms with Gasteiger partial charge in [0.1, 0.15) is 11.4 Å². The minimum Gasteiger partial charge on any atom is -0.587 e. The Morgan fingerprint density at radius 1 is 1.37 bits per heavy atom. The molecule has 100 valence electrons. The summed E-state index contributed by atoms with van der Waals surface area (Å²) in [6, 6.07) is 9.27. The predicted octanol–water partition coefficient (Wildman–Crippen LogP) is 4.03. The van der Waals surface area contributed by atoms with Crippen LogP contribution in [0.1, 0.15) is 10.4 Å². The molecule has 1 atom stereocenters. The molecule has 0 saturated heterocycles. The van der Waals surface area contributed by atoms with E-state index in [1.165, 1.54) is 11.3 Å². The highest BCUT2D eigenvalue weighted by Crippen LogP contribution is 2.24. The Kier molecular flexibility index (Phi) is 5.29. The first-order valence-corrected chi connectivity index (χ1v) is 8.48. The highest BCUT2D eigenvalue weighted by molar-refractivity contribution is 9.10. The smallest absolute Gasteiger partial charge is 0.181 e. The van der Waals surface area contributed by atoms with Crippen LogP contribution in [0.15, 0.2) is 50.2 Å². The highest BCUT2D eigenvalue weighted by Gasteiger charge is 2.12. The van der Waals surface area contributed by atoms with Gasteiger partial charge in [0.2, 0.25) is 0 Å². The van der Waals surface area contributed by atoms with Gasteiger partial charge in [-0.1, -0.05) is 29.3 Å². The average Bonchev–Trinajstić information content (AvgIpc) is 2.83. The summed E-state index contributed by atoms with van der Waals surface area (Å²) in [5.41, 5.74) is 1.12. The fourth-order valence-electron chi connectivity index (χ4n) is 1.29. The molecule has 0 amide bonds. The molecule has 1 unspecified atom stereocenters. The number of thiophene rings is 1. The van der Waals surface area contributed by atoms with E-state index in [0.717, 1.165) is 14.9 Å². The Morgan fingerprint density at radius 3 is 2.63 bits per heavy atom. The lowest BCUT2D eigenvalue weighted by Crippen LogP contribution is -2.19. The number of benzene rings is 1. The Balaban J connectivity index is 2.05. The lowest BCUT2D eigenvalue weighted by molar-refractivity contribution is 0.583. The Bertz CT molecular complexity index is 586. The van der Waals surface area contributed by atoms with Gasteiger partial charge in [-0.15, -0.1) is 21.3 Å². The summed E-state index contributed by atoms with van der Waals surface area (Å²) in [6.07, 6.45) is 0. The highest BCUT2D eigenvalue weighted by atomic mass is 79.9. The minimum atomic E-state index is -1.41. The molecule has 0 bridgehead atoms. The second-order valence-corrected chi connectivity index (χ2v) is 6.99. The van der Waals surface area contributed by atoms with Crippen LogP contribution in [-0.4, -0.2) is 9.72 Å². The maximum absolute atomic E-state index is 11.9. The largest absolute Gasteiger partial charge is 0.587 e. The van der Waals surface area contributed by atoms with E-state index < -0.39 is 11.4 Å². The van der Waals surface area contributed by atoms with E-state index in [2.05, 4.69) is 25.9 Å². The normalized spacial score (nSPS) is 13.4. The van der Waals surface area contributed by atoms with Crippen molar-refractivity contribution in [1.29, 1.82) is 0 Å². The van der Waals surface area contributed by atoms with Gasteiger partial charge in [-0.05, 0) is 46.4 Å². The summed E-state index contributed by atoms with van der Waals surface area (Å²) in [6.45, 7) is 1.98. The van der Waals surface area contributed by atoms with E-state index in [4.69, 9.17) is 11.6 Å². The summed E-state index contributed by atoms with van der Waals surface area (Å²) in [5.74, 6) is 0. The number of nitrogens with zero attached hydrogens (tertiary/aromatic N) is 1. The predicted molar refractivity (Wildman–Crippen MR) is 85.1 cm³/mol. The van der Waals surface area contributed by atoms with Crippen molar-refractivity contribution in [2.75, 3.05) is 0 Å².